The largest absolute Gasteiger partial charge is 0.292 e. The molecule has 0 saturated heterocycles. The third-order valence-electron chi connectivity index (χ3n) is 3.80. The summed E-state index contributed by atoms with van der Waals surface area (Å²) < 4.78 is 53.8. The van der Waals surface area contributed by atoms with E-state index < -0.39 is 41.7 Å². The smallest absolute Gasteiger partial charge is 0.283 e. The van der Waals surface area contributed by atoms with Gasteiger partial charge in [0.15, 0.2) is 0 Å². The van der Waals surface area contributed by atoms with Gasteiger partial charge in [-0.05, 0) is 17.7 Å². The molecule has 0 fully saturated rings. The Bertz CT molecular complexity index is 1070. The molecule has 1 amide bonds. The van der Waals surface area contributed by atoms with Gasteiger partial charge in [0.05, 0.1) is 11.6 Å². The maximum Gasteiger partial charge on any atom is 0.283 e. The Labute approximate surface area is 181 Å². The van der Waals surface area contributed by atoms with Crippen LogP contribution < -0.4 is 5.32 Å². The molecule has 0 saturated carbocycles. The van der Waals surface area contributed by atoms with E-state index in [0.29, 0.717) is 20.3 Å². The molecule has 2 aromatic heterocycles. The van der Waals surface area contributed by atoms with Crippen LogP contribution in [0.4, 0.5) is 23.5 Å². The van der Waals surface area contributed by atoms with Crippen molar-refractivity contribution in [2.24, 2.45) is 0 Å². The highest BCUT2D eigenvalue weighted by Gasteiger charge is 2.28. The second-order valence-electron chi connectivity index (χ2n) is 5.89. The van der Waals surface area contributed by atoms with E-state index in [1.807, 2.05) is 0 Å². The van der Waals surface area contributed by atoms with E-state index in [0.717, 1.165) is 0 Å². The van der Waals surface area contributed by atoms with Crippen LogP contribution in [0.5, 0.6) is 0 Å². The van der Waals surface area contributed by atoms with Gasteiger partial charge in [0.1, 0.15) is 24.3 Å². The van der Waals surface area contributed by atoms with Crippen LogP contribution in [0.15, 0.2) is 24.5 Å². The normalized spacial score (nSPS) is 11.5. The van der Waals surface area contributed by atoms with Gasteiger partial charge in [-0.15, -0.1) is 5.10 Å². The molecular formula is C16H11Cl3F4N6O. The number of carbonyl (C=O) groups is 1. The molecule has 0 unspecified atom stereocenters. The summed E-state index contributed by atoms with van der Waals surface area (Å²) >= 11 is 17.5. The first kappa shape index (κ1) is 22.3. The van der Waals surface area contributed by atoms with Crippen molar-refractivity contribution in [3.05, 3.63) is 56.5 Å². The van der Waals surface area contributed by atoms with Crippen LogP contribution in [0.3, 0.4) is 0 Å². The van der Waals surface area contributed by atoms with Crippen LogP contribution in [0.1, 0.15) is 29.8 Å². The zero-order chi connectivity index (χ0) is 22.0. The van der Waals surface area contributed by atoms with Crippen LogP contribution in [0.25, 0.3) is 0 Å². The first-order chi connectivity index (χ1) is 14.2. The molecule has 0 bridgehead atoms. The van der Waals surface area contributed by atoms with Gasteiger partial charge in [-0.25, -0.2) is 27.2 Å². The monoisotopic (exact) mass is 484 g/mol. The molecule has 7 nitrogen and oxygen atoms in total. The molecule has 3 rings (SSSR count). The first-order valence-corrected chi connectivity index (χ1v) is 9.24. The fourth-order valence-electron chi connectivity index (χ4n) is 2.49. The number of nitrogens with one attached hydrogen (secondary N) is 1. The number of nitrogens with zero attached hydrogens (tertiary/aromatic N) is 5. The van der Waals surface area contributed by atoms with Crippen molar-refractivity contribution < 1.29 is 22.4 Å². The number of aromatic nitrogens is 5. The van der Waals surface area contributed by atoms with E-state index in [1.165, 1.54) is 11.0 Å². The van der Waals surface area contributed by atoms with Gasteiger partial charge in [-0.2, -0.15) is 5.10 Å². The van der Waals surface area contributed by atoms with Crippen molar-refractivity contribution >= 4 is 46.7 Å². The fraction of sp³-hybridized carbons (Fsp3) is 0.250. The van der Waals surface area contributed by atoms with Gasteiger partial charge < -0.3 is 0 Å². The number of amides is 1. The maximum absolute atomic E-state index is 13.1. The Morgan fingerprint density at radius 2 is 1.83 bits per heavy atom. The van der Waals surface area contributed by atoms with Crippen molar-refractivity contribution in [2.75, 3.05) is 5.32 Å². The van der Waals surface area contributed by atoms with Crippen molar-refractivity contribution in [3.63, 3.8) is 0 Å². The molecule has 1 aromatic carbocycles. The summed E-state index contributed by atoms with van der Waals surface area (Å²) in [5.74, 6) is -0.991. The summed E-state index contributed by atoms with van der Waals surface area (Å²) in [5, 5.41) is 9.60. The highest BCUT2D eigenvalue weighted by molar-refractivity contribution is 6.35. The van der Waals surface area contributed by atoms with E-state index >= 15 is 0 Å². The van der Waals surface area contributed by atoms with Crippen LogP contribution in [-0.4, -0.2) is 30.5 Å². The van der Waals surface area contributed by atoms with E-state index in [-0.39, 0.29) is 12.5 Å². The molecule has 30 heavy (non-hydrogen) atoms. The molecule has 0 aliphatic rings. The minimum atomic E-state index is -3.20. The minimum absolute atomic E-state index is 0.129. The molecule has 0 atom stereocenters. The molecule has 0 aliphatic heterocycles. The van der Waals surface area contributed by atoms with Gasteiger partial charge in [0.25, 0.3) is 12.9 Å². The highest BCUT2D eigenvalue weighted by Crippen LogP contribution is 2.34. The van der Waals surface area contributed by atoms with Gasteiger partial charge in [0.2, 0.25) is 11.9 Å². The highest BCUT2D eigenvalue weighted by atomic mass is 35.5. The zero-order valence-corrected chi connectivity index (χ0v) is 16.9. The average molecular weight is 486 g/mol. The predicted molar refractivity (Wildman–Crippen MR) is 101 cm³/mol. The molecule has 0 radical (unpaired) electrons. The minimum Gasteiger partial charge on any atom is -0.292 e. The lowest BCUT2D eigenvalue weighted by Crippen LogP contribution is -2.22. The van der Waals surface area contributed by atoms with Gasteiger partial charge in [-0.3, -0.25) is 14.8 Å². The molecule has 3 aromatic rings. The second-order valence-corrected chi connectivity index (χ2v) is 7.11. The van der Waals surface area contributed by atoms with Crippen LogP contribution in [0.2, 0.25) is 15.1 Å². The Balaban J connectivity index is 1.70. The van der Waals surface area contributed by atoms with Gasteiger partial charge in [0, 0.05) is 10.0 Å². The molecule has 14 heteroatoms. The summed E-state index contributed by atoms with van der Waals surface area (Å²) in [7, 11) is 0. The number of benzene rings is 1. The molecule has 160 valence electrons. The molecule has 2 heterocycles. The number of rotatable bonds is 7. The lowest BCUT2D eigenvalue weighted by molar-refractivity contribution is -0.117. The Morgan fingerprint density at radius 3 is 2.47 bits per heavy atom. The number of hydrogen-bond donors (Lipinski definition) is 1. The summed E-state index contributed by atoms with van der Waals surface area (Å²) in [6.07, 6.45) is -5.06. The van der Waals surface area contributed by atoms with Crippen molar-refractivity contribution in [1.29, 1.82) is 0 Å². The molecule has 1 N–H and O–H groups in total. The SMILES string of the molecule is O=C(Cn1nc(C(F)F)c(Cl)c1C(F)F)Nc1ncn(Cc2ccc(Cl)cc2Cl)n1. The third kappa shape index (κ3) is 5.02. The Hall–Kier alpha value is -2.37. The number of hydrogen-bond acceptors (Lipinski definition) is 4. The van der Waals surface area contributed by atoms with Crippen molar-refractivity contribution in [1.82, 2.24) is 24.5 Å². The summed E-state index contributed by atoms with van der Waals surface area (Å²) in [6, 6.07) is 4.89. The number of carbonyl (C=O) groups excluding carboxylic acids is 1. The summed E-state index contributed by atoms with van der Waals surface area (Å²) in [4.78, 5) is 16.0. The Morgan fingerprint density at radius 1 is 1.10 bits per heavy atom. The van der Waals surface area contributed by atoms with Crippen LogP contribution in [0, 0.1) is 0 Å². The van der Waals surface area contributed by atoms with E-state index in [1.54, 1.807) is 18.2 Å². The number of alkyl halides is 4. The average Bonchev–Trinajstić information content (AvgIpc) is 3.21. The lowest BCUT2D eigenvalue weighted by atomic mass is 10.2. The lowest BCUT2D eigenvalue weighted by Gasteiger charge is -2.06. The summed E-state index contributed by atoms with van der Waals surface area (Å²) in [6.45, 7) is -0.565. The molecular weight excluding hydrogens is 475 g/mol. The molecule has 0 aliphatic carbocycles. The van der Waals surface area contributed by atoms with Gasteiger partial charge >= 0.3 is 0 Å². The van der Waals surface area contributed by atoms with Crippen LogP contribution >= 0.6 is 34.8 Å². The maximum atomic E-state index is 13.1. The van der Waals surface area contributed by atoms with Crippen molar-refractivity contribution in [2.45, 2.75) is 25.9 Å². The van der Waals surface area contributed by atoms with Gasteiger partial charge in [-0.1, -0.05) is 40.9 Å². The van der Waals surface area contributed by atoms with E-state index in [9.17, 15) is 22.4 Å². The van der Waals surface area contributed by atoms with Crippen LogP contribution in [-0.2, 0) is 17.9 Å². The van der Waals surface area contributed by atoms with E-state index in [4.69, 9.17) is 34.8 Å². The third-order valence-corrected chi connectivity index (χ3v) is 4.77. The first-order valence-electron chi connectivity index (χ1n) is 8.11. The number of halogens is 7. The molecule has 0 spiro atoms. The number of anilines is 1. The zero-order valence-electron chi connectivity index (χ0n) is 14.7. The van der Waals surface area contributed by atoms with Crippen molar-refractivity contribution in [3.8, 4) is 0 Å². The Kier molecular flexibility index (Phi) is 6.84. The second kappa shape index (κ2) is 9.19. The fourth-order valence-corrected chi connectivity index (χ4v) is 3.26. The predicted octanol–water partition coefficient (Wildman–Crippen LogP) is 5.00. The standard InChI is InChI=1S/C16H11Cl3F4N6O/c17-8-2-1-7(9(18)3-8)4-28-6-24-16(27-28)25-10(30)5-29-13(15(22)23)11(19)12(26-29)14(20)21/h1-3,6,14-15H,4-5H2,(H,25,27,30). The topological polar surface area (TPSA) is 77.6 Å². The summed E-state index contributed by atoms with van der Waals surface area (Å²) in [5.41, 5.74) is -1.31. The van der Waals surface area contributed by atoms with E-state index in [2.05, 4.69) is 20.5 Å². The quantitative estimate of drug-likeness (QED) is 0.478.